The van der Waals surface area contributed by atoms with E-state index in [-0.39, 0.29) is 0 Å². The average molecular weight is 278 g/mol. The predicted molar refractivity (Wildman–Crippen MR) is 87.1 cm³/mol. The van der Waals surface area contributed by atoms with Gasteiger partial charge < -0.3 is 5.32 Å². The van der Waals surface area contributed by atoms with Gasteiger partial charge in [-0.2, -0.15) is 5.26 Å². The summed E-state index contributed by atoms with van der Waals surface area (Å²) >= 11 is 0. The molecule has 0 amide bonds. The van der Waals surface area contributed by atoms with Gasteiger partial charge in [0.25, 0.3) is 0 Å². The molecule has 0 aromatic heterocycles. The fourth-order valence-corrected chi connectivity index (χ4v) is 2.53. The molecule has 0 heterocycles. The van der Waals surface area contributed by atoms with E-state index in [9.17, 15) is 0 Å². The molecule has 21 heavy (non-hydrogen) atoms. The summed E-state index contributed by atoms with van der Waals surface area (Å²) in [5.74, 6) is 0. The molecule has 0 aliphatic carbocycles. The van der Waals surface area contributed by atoms with Crippen LogP contribution in [0.4, 0.5) is 0 Å². The molecule has 0 fully saturated rings. The first-order valence-corrected chi connectivity index (χ1v) is 7.31. The molecule has 0 radical (unpaired) electrons. The van der Waals surface area contributed by atoms with Crippen LogP contribution >= 0.6 is 0 Å². The molecule has 2 aromatic rings. The maximum atomic E-state index is 8.81. The first-order chi connectivity index (χ1) is 10.0. The first-order valence-electron chi connectivity index (χ1n) is 7.31. The van der Waals surface area contributed by atoms with Crippen LogP contribution in [0.15, 0.2) is 36.4 Å². The summed E-state index contributed by atoms with van der Waals surface area (Å²) in [4.78, 5) is 0. The second kappa shape index (κ2) is 6.56. The summed E-state index contributed by atoms with van der Waals surface area (Å²) in [5, 5.41) is 12.4. The number of nitrogens with zero attached hydrogens (tertiary/aromatic N) is 1. The molecule has 1 unspecified atom stereocenters. The van der Waals surface area contributed by atoms with Crippen molar-refractivity contribution in [1.29, 1.82) is 5.26 Å². The Morgan fingerprint density at radius 3 is 2.24 bits per heavy atom. The van der Waals surface area contributed by atoms with Crippen molar-refractivity contribution in [3.63, 3.8) is 0 Å². The Labute approximate surface area is 127 Å². The third kappa shape index (κ3) is 3.71. The van der Waals surface area contributed by atoms with Crippen molar-refractivity contribution in [2.24, 2.45) is 0 Å². The fraction of sp³-hybridized carbons (Fsp3) is 0.316. The van der Waals surface area contributed by atoms with E-state index in [1.165, 1.54) is 27.8 Å². The highest BCUT2D eigenvalue weighted by molar-refractivity contribution is 5.38. The number of nitrogens with one attached hydrogen (secondary N) is 1. The molecule has 2 heteroatoms. The van der Waals surface area contributed by atoms with E-state index in [0.29, 0.717) is 11.6 Å². The van der Waals surface area contributed by atoms with Crippen molar-refractivity contribution in [3.8, 4) is 6.07 Å². The van der Waals surface area contributed by atoms with Gasteiger partial charge in [-0.05, 0) is 67.6 Å². The van der Waals surface area contributed by atoms with Crippen LogP contribution in [-0.2, 0) is 6.54 Å². The molecule has 2 aromatic carbocycles. The Balaban J connectivity index is 2.06. The molecule has 0 bridgehead atoms. The van der Waals surface area contributed by atoms with Gasteiger partial charge in [0, 0.05) is 12.6 Å². The summed E-state index contributed by atoms with van der Waals surface area (Å²) in [5.41, 5.74) is 7.27. The van der Waals surface area contributed by atoms with Crippen LogP contribution in [0, 0.1) is 32.1 Å². The van der Waals surface area contributed by atoms with Crippen molar-refractivity contribution in [2.45, 2.75) is 40.3 Å². The molecular weight excluding hydrogens is 256 g/mol. The van der Waals surface area contributed by atoms with Crippen LogP contribution in [0.5, 0.6) is 0 Å². The van der Waals surface area contributed by atoms with E-state index in [4.69, 9.17) is 5.26 Å². The third-order valence-electron chi connectivity index (χ3n) is 4.04. The number of benzene rings is 2. The second-order valence-corrected chi connectivity index (χ2v) is 5.70. The summed E-state index contributed by atoms with van der Waals surface area (Å²) in [6.07, 6.45) is 0. The highest BCUT2D eigenvalue weighted by Crippen LogP contribution is 2.22. The van der Waals surface area contributed by atoms with Crippen molar-refractivity contribution < 1.29 is 0 Å². The van der Waals surface area contributed by atoms with E-state index in [0.717, 1.165) is 6.54 Å². The van der Waals surface area contributed by atoms with E-state index < -0.39 is 0 Å². The fourth-order valence-electron chi connectivity index (χ4n) is 2.53. The van der Waals surface area contributed by atoms with Crippen molar-refractivity contribution in [3.05, 3.63) is 69.8 Å². The van der Waals surface area contributed by atoms with E-state index in [1.807, 2.05) is 24.3 Å². The Morgan fingerprint density at radius 1 is 1.00 bits per heavy atom. The van der Waals surface area contributed by atoms with Gasteiger partial charge in [-0.15, -0.1) is 0 Å². The smallest absolute Gasteiger partial charge is 0.0991 e. The highest BCUT2D eigenvalue weighted by Gasteiger charge is 2.09. The Morgan fingerprint density at radius 2 is 1.62 bits per heavy atom. The monoisotopic (exact) mass is 278 g/mol. The number of rotatable bonds is 4. The van der Waals surface area contributed by atoms with Gasteiger partial charge in [0.05, 0.1) is 11.6 Å². The first kappa shape index (κ1) is 15.3. The lowest BCUT2D eigenvalue weighted by molar-refractivity contribution is 0.572. The van der Waals surface area contributed by atoms with Crippen LogP contribution in [0.3, 0.4) is 0 Å². The maximum absolute atomic E-state index is 8.81. The van der Waals surface area contributed by atoms with Gasteiger partial charge in [-0.3, -0.25) is 0 Å². The molecule has 108 valence electrons. The molecule has 0 aliphatic heterocycles. The molecule has 0 spiro atoms. The molecule has 1 atom stereocenters. The van der Waals surface area contributed by atoms with Crippen LogP contribution in [0.25, 0.3) is 0 Å². The van der Waals surface area contributed by atoms with E-state index in [2.05, 4.69) is 51.2 Å². The van der Waals surface area contributed by atoms with Crippen molar-refractivity contribution in [1.82, 2.24) is 5.32 Å². The summed E-state index contributed by atoms with van der Waals surface area (Å²) in [6, 6.07) is 14.7. The SMILES string of the molecule is Cc1cc(C)c(C(C)NCc2ccc(C#N)cc2)cc1C. The largest absolute Gasteiger partial charge is 0.306 e. The van der Waals surface area contributed by atoms with Crippen LogP contribution in [-0.4, -0.2) is 0 Å². The van der Waals surface area contributed by atoms with Gasteiger partial charge >= 0.3 is 0 Å². The van der Waals surface area contributed by atoms with Gasteiger partial charge in [0.15, 0.2) is 0 Å². The van der Waals surface area contributed by atoms with Crippen LogP contribution in [0.1, 0.15) is 46.3 Å². The summed E-state index contributed by atoms with van der Waals surface area (Å²) in [6.45, 7) is 9.48. The zero-order valence-electron chi connectivity index (χ0n) is 13.2. The molecule has 0 aliphatic rings. The second-order valence-electron chi connectivity index (χ2n) is 5.70. The van der Waals surface area contributed by atoms with Crippen LogP contribution < -0.4 is 5.32 Å². The standard InChI is InChI=1S/C19H22N2/c1-13-9-15(3)19(10-14(13)2)16(4)21-12-18-7-5-17(11-20)6-8-18/h5-10,16,21H,12H2,1-4H3. The van der Waals surface area contributed by atoms with Gasteiger partial charge in [-0.1, -0.05) is 24.3 Å². The Kier molecular flexibility index (Phi) is 4.77. The molecule has 0 saturated heterocycles. The predicted octanol–water partition coefficient (Wildman–Crippen LogP) is 4.33. The number of hydrogen-bond acceptors (Lipinski definition) is 2. The number of aryl methyl sites for hydroxylation is 3. The molecule has 0 saturated carbocycles. The summed E-state index contributed by atoms with van der Waals surface area (Å²) < 4.78 is 0. The van der Waals surface area contributed by atoms with Gasteiger partial charge in [0.2, 0.25) is 0 Å². The van der Waals surface area contributed by atoms with Gasteiger partial charge in [-0.25, -0.2) is 0 Å². The minimum absolute atomic E-state index is 0.306. The minimum Gasteiger partial charge on any atom is -0.306 e. The zero-order valence-corrected chi connectivity index (χ0v) is 13.2. The average Bonchev–Trinajstić information content (AvgIpc) is 2.49. The zero-order chi connectivity index (χ0) is 15.4. The lowest BCUT2D eigenvalue weighted by Crippen LogP contribution is -2.19. The maximum Gasteiger partial charge on any atom is 0.0991 e. The molecule has 2 rings (SSSR count). The van der Waals surface area contributed by atoms with Crippen molar-refractivity contribution >= 4 is 0 Å². The Bertz CT molecular complexity index is 663. The molecule has 1 N–H and O–H groups in total. The number of hydrogen-bond donors (Lipinski definition) is 1. The summed E-state index contributed by atoms with van der Waals surface area (Å²) in [7, 11) is 0. The lowest BCUT2D eigenvalue weighted by Gasteiger charge is -2.18. The van der Waals surface area contributed by atoms with E-state index >= 15 is 0 Å². The van der Waals surface area contributed by atoms with Gasteiger partial charge in [0.1, 0.15) is 0 Å². The molecule has 2 nitrogen and oxygen atoms in total. The quantitative estimate of drug-likeness (QED) is 0.903. The Hall–Kier alpha value is -2.11. The molecular formula is C19H22N2. The van der Waals surface area contributed by atoms with Crippen molar-refractivity contribution in [2.75, 3.05) is 0 Å². The van der Waals surface area contributed by atoms with E-state index in [1.54, 1.807) is 0 Å². The third-order valence-corrected chi connectivity index (χ3v) is 4.04. The van der Waals surface area contributed by atoms with Crippen LogP contribution in [0.2, 0.25) is 0 Å². The topological polar surface area (TPSA) is 35.8 Å². The normalized spacial score (nSPS) is 12.0. The minimum atomic E-state index is 0.306. The lowest BCUT2D eigenvalue weighted by atomic mass is 9.96. The highest BCUT2D eigenvalue weighted by atomic mass is 14.9. The number of nitriles is 1.